The van der Waals surface area contributed by atoms with E-state index in [0.717, 1.165) is 32.1 Å². The van der Waals surface area contributed by atoms with Crippen LogP contribution in [0.1, 0.15) is 46.0 Å². The van der Waals surface area contributed by atoms with Gasteiger partial charge in [-0.15, -0.1) is 0 Å². The first-order chi connectivity index (χ1) is 8.08. The summed E-state index contributed by atoms with van der Waals surface area (Å²) < 4.78 is 0. The average Bonchev–Trinajstić information content (AvgIpc) is 2.28. The van der Waals surface area contributed by atoms with Gasteiger partial charge in [-0.2, -0.15) is 11.8 Å². The van der Waals surface area contributed by atoms with E-state index in [1.54, 1.807) is 11.8 Å². The zero-order valence-corrected chi connectivity index (χ0v) is 11.6. The molecule has 4 heteroatoms. The molecule has 0 amide bonds. The molecule has 1 aliphatic rings. The highest BCUT2D eigenvalue weighted by molar-refractivity contribution is 8.00. The van der Waals surface area contributed by atoms with Gasteiger partial charge in [0.2, 0.25) is 0 Å². The first kappa shape index (κ1) is 14.8. The molecule has 2 N–H and O–H groups in total. The minimum atomic E-state index is -0.645. The van der Waals surface area contributed by atoms with Crippen LogP contribution < -0.4 is 0 Å². The number of aliphatic hydroxyl groups is 1. The number of thioether (sulfide) groups is 1. The van der Waals surface area contributed by atoms with Crippen LogP contribution in [0.25, 0.3) is 0 Å². The number of rotatable bonds is 6. The second-order valence-electron chi connectivity index (χ2n) is 5.03. The molecule has 17 heavy (non-hydrogen) atoms. The summed E-state index contributed by atoms with van der Waals surface area (Å²) in [7, 11) is 0. The molecule has 4 unspecified atom stereocenters. The van der Waals surface area contributed by atoms with Crippen LogP contribution in [0.5, 0.6) is 0 Å². The molecular formula is C13H24O3S. The molecule has 0 aliphatic heterocycles. The fourth-order valence-electron chi connectivity index (χ4n) is 2.56. The van der Waals surface area contributed by atoms with E-state index in [-0.39, 0.29) is 17.8 Å². The van der Waals surface area contributed by atoms with Gasteiger partial charge in [0.1, 0.15) is 0 Å². The third kappa shape index (κ3) is 4.51. The molecule has 0 radical (unpaired) electrons. The Morgan fingerprint density at radius 3 is 2.71 bits per heavy atom. The highest BCUT2D eigenvalue weighted by atomic mass is 32.2. The topological polar surface area (TPSA) is 57.5 Å². The van der Waals surface area contributed by atoms with Crippen LogP contribution in [0.15, 0.2) is 0 Å². The van der Waals surface area contributed by atoms with Crippen LogP contribution in [0.4, 0.5) is 0 Å². The zero-order valence-electron chi connectivity index (χ0n) is 10.8. The summed E-state index contributed by atoms with van der Waals surface area (Å²) in [4.78, 5) is 11.2. The van der Waals surface area contributed by atoms with Crippen LogP contribution in [0, 0.1) is 11.8 Å². The number of hydrogen-bond donors (Lipinski definition) is 2. The Morgan fingerprint density at radius 2 is 2.18 bits per heavy atom. The van der Waals surface area contributed by atoms with E-state index >= 15 is 0 Å². The lowest BCUT2D eigenvalue weighted by atomic mass is 9.80. The highest BCUT2D eigenvalue weighted by Crippen LogP contribution is 2.40. The van der Waals surface area contributed by atoms with Gasteiger partial charge in [0.15, 0.2) is 0 Å². The summed E-state index contributed by atoms with van der Waals surface area (Å²) in [6.45, 7) is 4.45. The van der Waals surface area contributed by atoms with E-state index in [9.17, 15) is 9.90 Å². The highest BCUT2D eigenvalue weighted by Gasteiger charge is 2.35. The maximum absolute atomic E-state index is 11.2. The molecule has 1 saturated carbocycles. The minimum absolute atomic E-state index is 0.190. The third-order valence-corrected chi connectivity index (χ3v) is 5.31. The molecule has 3 nitrogen and oxygen atoms in total. The maximum atomic E-state index is 11.2. The number of aliphatic carboxylic acids is 1. The molecule has 0 aromatic heterocycles. The SMILES string of the molecule is CCC1CCC(C(=O)O)C(SC(C)CCO)C1. The van der Waals surface area contributed by atoms with Crippen LogP contribution in [0.3, 0.4) is 0 Å². The predicted molar refractivity (Wildman–Crippen MR) is 71.3 cm³/mol. The van der Waals surface area contributed by atoms with Crippen molar-refractivity contribution < 1.29 is 15.0 Å². The van der Waals surface area contributed by atoms with Gasteiger partial charge in [-0.25, -0.2) is 0 Å². The van der Waals surface area contributed by atoms with Gasteiger partial charge in [0.05, 0.1) is 5.92 Å². The number of aliphatic hydroxyl groups excluding tert-OH is 1. The van der Waals surface area contributed by atoms with Crippen molar-refractivity contribution in [2.75, 3.05) is 6.61 Å². The van der Waals surface area contributed by atoms with Crippen molar-refractivity contribution in [1.82, 2.24) is 0 Å². The summed E-state index contributed by atoms with van der Waals surface area (Å²) in [6.07, 6.45) is 4.80. The molecule has 0 bridgehead atoms. The Kier molecular flexibility index (Phi) is 6.34. The van der Waals surface area contributed by atoms with E-state index in [2.05, 4.69) is 13.8 Å². The molecule has 0 saturated heterocycles. The van der Waals surface area contributed by atoms with Crippen molar-refractivity contribution in [2.24, 2.45) is 11.8 Å². The second kappa shape index (κ2) is 7.27. The van der Waals surface area contributed by atoms with Crippen molar-refractivity contribution >= 4 is 17.7 Å². The summed E-state index contributed by atoms with van der Waals surface area (Å²) in [5, 5.41) is 18.7. The Balaban J connectivity index is 2.57. The predicted octanol–water partition coefficient (Wildman–Crippen LogP) is 2.77. The maximum Gasteiger partial charge on any atom is 0.307 e. The van der Waals surface area contributed by atoms with E-state index < -0.39 is 5.97 Å². The third-order valence-electron chi connectivity index (χ3n) is 3.74. The van der Waals surface area contributed by atoms with Gasteiger partial charge in [-0.1, -0.05) is 20.3 Å². The molecule has 1 fully saturated rings. The molecule has 0 heterocycles. The number of carboxylic acids is 1. The summed E-state index contributed by atoms with van der Waals surface area (Å²) in [5.41, 5.74) is 0. The molecule has 1 rings (SSSR count). The van der Waals surface area contributed by atoms with Crippen molar-refractivity contribution in [3.63, 3.8) is 0 Å². The lowest BCUT2D eigenvalue weighted by Crippen LogP contribution is -2.33. The second-order valence-corrected chi connectivity index (χ2v) is 6.71. The molecular weight excluding hydrogens is 236 g/mol. The van der Waals surface area contributed by atoms with Gasteiger partial charge in [-0.3, -0.25) is 4.79 Å². The minimum Gasteiger partial charge on any atom is -0.481 e. The van der Waals surface area contributed by atoms with E-state index in [0.29, 0.717) is 11.2 Å². The Morgan fingerprint density at radius 1 is 1.47 bits per heavy atom. The molecule has 0 aromatic rings. The summed E-state index contributed by atoms with van der Waals surface area (Å²) >= 11 is 1.76. The van der Waals surface area contributed by atoms with E-state index in [1.165, 1.54) is 0 Å². The van der Waals surface area contributed by atoms with Crippen LogP contribution in [-0.4, -0.2) is 33.3 Å². The molecule has 1 aliphatic carbocycles. The van der Waals surface area contributed by atoms with E-state index in [4.69, 9.17) is 5.11 Å². The van der Waals surface area contributed by atoms with Crippen molar-refractivity contribution in [2.45, 2.75) is 56.5 Å². The van der Waals surface area contributed by atoms with Gasteiger partial charge >= 0.3 is 5.97 Å². The molecule has 4 atom stereocenters. The first-order valence-corrected chi connectivity index (χ1v) is 7.51. The molecule has 0 spiro atoms. The fraction of sp³-hybridized carbons (Fsp3) is 0.923. The van der Waals surface area contributed by atoms with Gasteiger partial charge in [0.25, 0.3) is 0 Å². The van der Waals surface area contributed by atoms with Gasteiger partial charge in [-0.05, 0) is 31.6 Å². The standard InChI is InChI=1S/C13H24O3S/c1-3-10-4-5-11(13(15)16)12(8-10)17-9(2)6-7-14/h9-12,14H,3-8H2,1-2H3,(H,15,16). The summed E-state index contributed by atoms with van der Waals surface area (Å²) in [6, 6.07) is 0. The smallest absolute Gasteiger partial charge is 0.307 e. The quantitative estimate of drug-likeness (QED) is 0.771. The Bertz CT molecular complexity index is 245. The fourth-order valence-corrected chi connectivity index (χ4v) is 4.23. The normalized spacial score (nSPS) is 31.1. The van der Waals surface area contributed by atoms with Crippen LogP contribution in [0.2, 0.25) is 0 Å². The van der Waals surface area contributed by atoms with Gasteiger partial charge < -0.3 is 10.2 Å². The number of carboxylic acid groups (broad SMARTS) is 1. The van der Waals surface area contributed by atoms with Crippen molar-refractivity contribution in [3.05, 3.63) is 0 Å². The lowest BCUT2D eigenvalue weighted by Gasteiger charge is -2.34. The van der Waals surface area contributed by atoms with Crippen LogP contribution >= 0.6 is 11.8 Å². The van der Waals surface area contributed by atoms with Gasteiger partial charge in [0, 0.05) is 17.1 Å². The Labute approximate surface area is 108 Å². The lowest BCUT2D eigenvalue weighted by molar-refractivity contribution is -0.142. The Hall–Kier alpha value is -0.220. The van der Waals surface area contributed by atoms with Crippen molar-refractivity contribution in [3.8, 4) is 0 Å². The summed E-state index contributed by atoms with van der Waals surface area (Å²) in [5.74, 6) is -0.151. The zero-order chi connectivity index (χ0) is 12.8. The largest absolute Gasteiger partial charge is 0.481 e. The monoisotopic (exact) mass is 260 g/mol. The average molecular weight is 260 g/mol. The number of carbonyl (C=O) groups is 1. The first-order valence-electron chi connectivity index (χ1n) is 6.57. The van der Waals surface area contributed by atoms with Crippen LogP contribution in [-0.2, 0) is 4.79 Å². The molecule has 100 valence electrons. The van der Waals surface area contributed by atoms with E-state index in [1.807, 2.05) is 0 Å². The molecule has 0 aromatic carbocycles. The number of hydrogen-bond acceptors (Lipinski definition) is 3. The van der Waals surface area contributed by atoms with Crippen molar-refractivity contribution in [1.29, 1.82) is 0 Å².